The van der Waals surface area contributed by atoms with Crippen LogP contribution in [0.25, 0.3) is 0 Å². The van der Waals surface area contributed by atoms with E-state index in [4.69, 9.17) is 16.3 Å². The van der Waals surface area contributed by atoms with Crippen molar-refractivity contribution in [2.45, 2.75) is 13.0 Å². The molecule has 2 aromatic rings. The molecule has 3 nitrogen and oxygen atoms in total. The highest BCUT2D eigenvalue weighted by molar-refractivity contribution is 6.29. The third-order valence-electron chi connectivity index (χ3n) is 2.13. The monoisotopic (exact) mass is 234 g/mol. The van der Waals surface area contributed by atoms with Gasteiger partial charge in [-0.3, -0.25) is 0 Å². The Labute approximate surface area is 99.1 Å². The minimum atomic E-state index is -0.150. The van der Waals surface area contributed by atoms with Crippen molar-refractivity contribution in [1.29, 1.82) is 0 Å². The molecule has 1 aromatic heterocycles. The minimum Gasteiger partial charge on any atom is -0.484 e. The summed E-state index contributed by atoms with van der Waals surface area (Å²) in [6.07, 6.45) is 1.28. The first-order chi connectivity index (χ1) is 7.75. The van der Waals surface area contributed by atoms with Gasteiger partial charge in [0.2, 0.25) is 0 Å². The van der Waals surface area contributed by atoms with Gasteiger partial charge in [-0.2, -0.15) is 0 Å². The summed E-state index contributed by atoms with van der Waals surface area (Å²) in [5.41, 5.74) is 0.767. The minimum absolute atomic E-state index is 0.150. The molecule has 1 aromatic carbocycles. The van der Waals surface area contributed by atoms with Gasteiger partial charge in [-0.25, -0.2) is 9.97 Å². The number of halogens is 1. The van der Waals surface area contributed by atoms with Crippen molar-refractivity contribution in [3.05, 3.63) is 53.6 Å². The predicted octanol–water partition coefficient (Wildman–Crippen LogP) is 3.27. The smallest absolute Gasteiger partial charge is 0.138 e. The zero-order chi connectivity index (χ0) is 11.4. The van der Waals surface area contributed by atoms with Gasteiger partial charge in [0, 0.05) is 6.07 Å². The van der Waals surface area contributed by atoms with Gasteiger partial charge in [-0.1, -0.05) is 29.8 Å². The molecule has 4 heteroatoms. The largest absolute Gasteiger partial charge is 0.484 e. The Kier molecular flexibility index (Phi) is 3.37. The molecule has 0 aliphatic heterocycles. The Bertz CT molecular complexity index is 462. The van der Waals surface area contributed by atoms with Gasteiger partial charge in [-0.05, 0) is 19.1 Å². The number of para-hydroxylation sites is 1. The summed E-state index contributed by atoms with van der Waals surface area (Å²) in [6, 6.07) is 11.3. The number of hydrogen-bond donors (Lipinski definition) is 0. The number of hydrogen-bond acceptors (Lipinski definition) is 3. The number of benzene rings is 1. The number of nitrogens with zero attached hydrogens (tertiary/aromatic N) is 2. The molecule has 2 rings (SSSR count). The second-order valence-corrected chi connectivity index (χ2v) is 3.73. The van der Waals surface area contributed by atoms with Crippen LogP contribution in [-0.2, 0) is 0 Å². The van der Waals surface area contributed by atoms with E-state index in [-0.39, 0.29) is 6.10 Å². The molecule has 0 bridgehead atoms. The van der Waals surface area contributed by atoms with Crippen molar-refractivity contribution in [2.75, 3.05) is 0 Å². The lowest BCUT2D eigenvalue weighted by Crippen LogP contribution is -2.05. The lowest BCUT2D eigenvalue weighted by molar-refractivity contribution is 0.221. The van der Waals surface area contributed by atoms with E-state index in [1.54, 1.807) is 6.07 Å². The maximum atomic E-state index is 5.79. The van der Waals surface area contributed by atoms with E-state index in [1.165, 1.54) is 6.33 Å². The molecular formula is C12H11ClN2O. The maximum absolute atomic E-state index is 5.79. The molecule has 0 aliphatic carbocycles. The van der Waals surface area contributed by atoms with Crippen LogP contribution in [0.3, 0.4) is 0 Å². The van der Waals surface area contributed by atoms with Gasteiger partial charge < -0.3 is 4.74 Å². The SMILES string of the molecule is C[C@@H](Oc1ccccc1)c1cc(Cl)ncn1. The van der Waals surface area contributed by atoms with E-state index in [0.717, 1.165) is 11.4 Å². The van der Waals surface area contributed by atoms with Crippen LogP contribution in [0.2, 0.25) is 5.15 Å². The van der Waals surface area contributed by atoms with Crippen LogP contribution in [0.5, 0.6) is 5.75 Å². The van der Waals surface area contributed by atoms with Crippen molar-refractivity contribution < 1.29 is 4.74 Å². The fourth-order valence-corrected chi connectivity index (χ4v) is 1.49. The van der Waals surface area contributed by atoms with Crippen molar-refractivity contribution in [2.24, 2.45) is 0 Å². The summed E-state index contributed by atoms with van der Waals surface area (Å²) >= 11 is 5.79. The van der Waals surface area contributed by atoms with Crippen LogP contribution < -0.4 is 4.74 Å². The van der Waals surface area contributed by atoms with Crippen molar-refractivity contribution in [3.8, 4) is 5.75 Å². The van der Waals surface area contributed by atoms with Crippen LogP contribution in [-0.4, -0.2) is 9.97 Å². The second-order valence-electron chi connectivity index (χ2n) is 3.34. The van der Waals surface area contributed by atoms with Crippen LogP contribution in [0.4, 0.5) is 0 Å². The van der Waals surface area contributed by atoms with Crippen molar-refractivity contribution in [1.82, 2.24) is 9.97 Å². The van der Waals surface area contributed by atoms with Gasteiger partial charge in [0.1, 0.15) is 23.3 Å². The normalized spacial score (nSPS) is 12.1. The summed E-state index contributed by atoms with van der Waals surface area (Å²) < 4.78 is 5.71. The Morgan fingerprint density at radius 1 is 1.19 bits per heavy atom. The number of rotatable bonds is 3. The van der Waals surface area contributed by atoms with E-state index < -0.39 is 0 Å². The van der Waals surface area contributed by atoms with E-state index >= 15 is 0 Å². The molecule has 82 valence electrons. The lowest BCUT2D eigenvalue weighted by Gasteiger charge is -2.13. The van der Waals surface area contributed by atoms with Gasteiger partial charge in [0.05, 0.1) is 5.69 Å². The van der Waals surface area contributed by atoms with Crippen LogP contribution in [0.15, 0.2) is 42.7 Å². The molecule has 16 heavy (non-hydrogen) atoms. The first-order valence-electron chi connectivity index (χ1n) is 4.95. The summed E-state index contributed by atoms with van der Waals surface area (Å²) in [4.78, 5) is 7.94. The molecule has 1 heterocycles. The molecular weight excluding hydrogens is 224 g/mol. The Morgan fingerprint density at radius 2 is 1.94 bits per heavy atom. The second kappa shape index (κ2) is 4.94. The highest BCUT2D eigenvalue weighted by Gasteiger charge is 2.09. The molecule has 0 unspecified atom stereocenters. The zero-order valence-corrected chi connectivity index (χ0v) is 9.56. The molecule has 0 aliphatic rings. The van der Waals surface area contributed by atoms with E-state index in [9.17, 15) is 0 Å². The fraction of sp³-hybridized carbons (Fsp3) is 0.167. The highest BCUT2D eigenvalue weighted by atomic mass is 35.5. The maximum Gasteiger partial charge on any atom is 0.138 e. The molecule has 0 N–H and O–H groups in total. The molecule has 0 saturated carbocycles. The van der Waals surface area contributed by atoms with Crippen LogP contribution in [0.1, 0.15) is 18.7 Å². The summed E-state index contributed by atoms with van der Waals surface area (Å²) in [5.74, 6) is 0.810. The lowest BCUT2D eigenvalue weighted by atomic mass is 10.2. The first-order valence-corrected chi connectivity index (χ1v) is 5.32. The van der Waals surface area contributed by atoms with Gasteiger partial charge in [-0.15, -0.1) is 0 Å². The third kappa shape index (κ3) is 2.70. The summed E-state index contributed by atoms with van der Waals surface area (Å²) in [5, 5.41) is 0.425. The topological polar surface area (TPSA) is 35.0 Å². The Balaban J connectivity index is 2.12. The first kappa shape index (κ1) is 10.9. The molecule has 0 saturated heterocycles. The number of ether oxygens (including phenoxy) is 1. The van der Waals surface area contributed by atoms with Gasteiger partial charge >= 0.3 is 0 Å². The van der Waals surface area contributed by atoms with E-state index in [1.807, 2.05) is 37.3 Å². The summed E-state index contributed by atoms with van der Waals surface area (Å²) in [7, 11) is 0. The molecule has 0 fully saturated rings. The Morgan fingerprint density at radius 3 is 2.62 bits per heavy atom. The zero-order valence-electron chi connectivity index (χ0n) is 8.80. The van der Waals surface area contributed by atoms with Crippen molar-refractivity contribution >= 4 is 11.6 Å². The quantitative estimate of drug-likeness (QED) is 0.765. The summed E-state index contributed by atoms with van der Waals surface area (Å²) in [6.45, 7) is 1.92. The molecule has 0 amide bonds. The van der Waals surface area contributed by atoms with Crippen molar-refractivity contribution in [3.63, 3.8) is 0 Å². The van der Waals surface area contributed by atoms with Crippen LogP contribution in [0, 0.1) is 0 Å². The van der Waals surface area contributed by atoms with Gasteiger partial charge in [0.15, 0.2) is 0 Å². The average Bonchev–Trinajstić information content (AvgIpc) is 2.30. The molecule has 0 radical (unpaired) electrons. The average molecular weight is 235 g/mol. The highest BCUT2D eigenvalue weighted by Crippen LogP contribution is 2.20. The Hall–Kier alpha value is -1.61. The standard InChI is InChI=1S/C12H11ClN2O/c1-9(11-7-12(13)15-8-14-11)16-10-5-3-2-4-6-10/h2-9H,1H3/t9-/m1/s1. The van der Waals surface area contributed by atoms with Gasteiger partial charge in [0.25, 0.3) is 0 Å². The van der Waals surface area contributed by atoms with E-state index in [2.05, 4.69) is 9.97 Å². The van der Waals surface area contributed by atoms with Crippen LogP contribution >= 0.6 is 11.6 Å². The third-order valence-corrected chi connectivity index (χ3v) is 2.33. The molecule has 1 atom stereocenters. The van der Waals surface area contributed by atoms with E-state index in [0.29, 0.717) is 5.15 Å². The predicted molar refractivity (Wildman–Crippen MR) is 62.5 cm³/mol. The molecule has 0 spiro atoms. The number of aromatic nitrogens is 2. The fourth-order valence-electron chi connectivity index (χ4n) is 1.33.